The molecule has 1 aromatic carbocycles. The van der Waals surface area contributed by atoms with Crippen LogP contribution in [0.5, 0.6) is 0 Å². The summed E-state index contributed by atoms with van der Waals surface area (Å²) in [5.41, 5.74) is -0.376. The van der Waals surface area contributed by atoms with E-state index in [2.05, 4.69) is 15.9 Å². The van der Waals surface area contributed by atoms with Gasteiger partial charge in [0.15, 0.2) is 5.60 Å². The Morgan fingerprint density at radius 1 is 1.32 bits per heavy atom. The lowest BCUT2D eigenvalue weighted by Crippen LogP contribution is -2.33. The molecular formula is C15H19BrO3. The molecule has 0 bridgehead atoms. The number of carbonyl (C=O) groups excluding carboxylic acids is 1. The molecule has 0 aliphatic carbocycles. The normalized spacial score (nSPS) is 29.1. The first-order valence-electron chi connectivity index (χ1n) is 6.63. The van der Waals surface area contributed by atoms with E-state index in [1.54, 1.807) is 0 Å². The van der Waals surface area contributed by atoms with Crippen LogP contribution in [0, 0.1) is 0 Å². The van der Waals surface area contributed by atoms with Gasteiger partial charge in [0.25, 0.3) is 0 Å². The van der Waals surface area contributed by atoms with Gasteiger partial charge in [-0.1, -0.05) is 41.4 Å². The molecule has 0 N–H and O–H groups in total. The molecule has 0 saturated carbocycles. The van der Waals surface area contributed by atoms with Crippen LogP contribution in [0.15, 0.2) is 28.7 Å². The zero-order chi connectivity index (χ0) is 14.1. The molecule has 2 atom stereocenters. The lowest BCUT2D eigenvalue weighted by molar-refractivity contribution is -0.149. The average molecular weight is 327 g/mol. The Morgan fingerprint density at radius 3 is 2.47 bits per heavy atom. The molecule has 2 unspecified atom stereocenters. The predicted molar refractivity (Wildman–Crippen MR) is 76.9 cm³/mol. The molecule has 1 fully saturated rings. The van der Waals surface area contributed by atoms with E-state index >= 15 is 0 Å². The van der Waals surface area contributed by atoms with Crippen molar-refractivity contribution in [3.05, 3.63) is 34.3 Å². The SMILES string of the molecule is CCCC1(C(=O)OCC)OC1(C)c1ccc(Br)cc1. The summed E-state index contributed by atoms with van der Waals surface area (Å²) in [5.74, 6) is -0.248. The second-order valence-corrected chi connectivity index (χ2v) is 5.86. The zero-order valence-electron chi connectivity index (χ0n) is 11.5. The first kappa shape index (κ1) is 14.5. The Kier molecular flexibility index (Phi) is 4.02. The highest BCUT2D eigenvalue weighted by molar-refractivity contribution is 9.10. The maximum Gasteiger partial charge on any atom is 0.341 e. The first-order chi connectivity index (χ1) is 9.00. The molecule has 1 saturated heterocycles. The van der Waals surface area contributed by atoms with Crippen molar-refractivity contribution in [2.45, 2.75) is 44.8 Å². The van der Waals surface area contributed by atoms with Crippen molar-refractivity contribution in [1.29, 1.82) is 0 Å². The third-order valence-electron chi connectivity index (χ3n) is 3.71. The number of hydrogen-bond acceptors (Lipinski definition) is 3. The third-order valence-corrected chi connectivity index (χ3v) is 4.24. The summed E-state index contributed by atoms with van der Waals surface area (Å²) >= 11 is 3.41. The summed E-state index contributed by atoms with van der Waals surface area (Å²) in [6.07, 6.45) is 1.56. The molecule has 0 aromatic heterocycles. The summed E-state index contributed by atoms with van der Waals surface area (Å²) < 4.78 is 12.1. The van der Waals surface area contributed by atoms with E-state index in [1.165, 1.54) is 0 Å². The minimum atomic E-state index is -0.814. The van der Waals surface area contributed by atoms with E-state index in [0.29, 0.717) is 13.0 Å². The van der Waals surface area contributed by atoms with Crippen molar-refractivity contribution in [3.8, 4) is 0 Å². The molecule has 104 valence electrons. The number of epoxide rings is 1. The molecule has 2 rings (SSSR count). The van der Waals surface area contributed by atoms with Crippen molar-refractivity contribution < 1.29 is 14.3 Å². The number of carbonyl (C=O) groups is 1. The Balaban J connectivity index is 2.29. The molecule has 3 nitrogen and oxygen atoms in total. The molecule has 1 heterocycles. The number of halogens is 1. The topological polar surface area (TPSA) is 38.8 Å². The molecule has 0 amide bonds. The van der Waals surface area contributed by atoms with Crippen LogP contribution in [-0.2, 0) is 19.9 Å². The Morgan fingerprint density at radius 2 is 1.95 bits per heavy atom. The van der Waals surface area contributed by atoms with Gasteiger partial charge < -0.3 is 9.47 Å². The fourth-order valence-electron chi connectivity index (χ4n) is 2.61. The fraction of sp³-hybridized carbons (Fsp3) is 0.533. The standard InChI is InChI=1S/C15H19BrO3/c1-4-10-15(13(17)18-5-2)14(3,19-15)11-6-8-12(16)9-7-11/h6-9H,4-5,10H2,1-3H3. The molecule has 1 aliphatic heterocycles. The number of benzene rings is 1. The van der Waals surface area contributed by atoms with Gasteiger partial charge >= 0.3 is 5.97 Å². The largest absolute Gasteiger partial charge is 0.464 e. The second-order valence-electron chi connectivity index (χ2n) is 4.94. The van der Waals surface area contributed by atoms with Crippen LogP contribution in [0.3, 0.4) is 0 Å². The highest BCUT2D eigenvalue weighted by atomic mass is 79.9. The Hall–Kier alpha value is -0.870. The van der Waals surface area contributed by atoms with Crippen molar-refractivity contribution in [2.75, 3.05) is 6.61 Å². The summed E-state index contributed by atoms with van der Waals surface area (Å²) in [5, 5.41) is 0. The number of ether oxygens (including phenoxy) is 2. The summed E-state index contributed by atoms with van der Waals surface area (Å²) in [4.78, 5) is 12.2. The van der Waals surface area contributed by atoms with Crippen molar-refractivity contribution in [3.63, 3.8) is 0 Å². The first-order valence-corrected chi connectivity index (χ1v) is 7.43. The minimum absolute atomic E-state index is 0.248. The van der Waals surface area contributed by atoms with Crippen LogP contribution in [0.2, 0.25) is 0 Å². The third kappa shape index (κ3) is 2.32. The quantitative estimate of drug-likeness (QED) is 0.610. The van der Waals surface area contributed by atoms with E-state index in [-0.39, 0.29) is 5.97 Å². The van der Waals surface area contributed by atoms with Crippen LogP contribution in [0.4, 0.5) is 0 Å². The van der Waals surface area contributed by atoms with Gasteiger partial charge in [-0.05, 0) is 38.0 Å². The summed E-state index contributed by atoms with van der Waals surface area (Å²) in [6, 6.07) is 7.90. The van der Waals surface area contributed by atoms with E-state index in [9.17, 15) is 4.79 Å². The molecule has 19 heavy (non-hydrogen) atoms. The number of esters is 1. The summed E-state index contributed by atoms with van der Waals surface area (Å²) in [7, 11) is 0. The van der Waals surface area contributed by atoms with E-state index < -0.39 is 11.2 Å². The zero-order valence-corrected chi connectivity index (χ0v) is 13.1. The van der Waals surface area contributed by atoms with Gasteiger partial charge in [-0.2, -0.15) is 0 Å². The van der Waals surface area contributed by atoms with Crippen LogP contribution >= 0.6 is 15.9 Å². The second kappa shape index (κ2) is 5.25. The Bertz CT molecular complexity index is 471. The minimum Gasteiger partial charge on any atom is -0.464 e. The fourth-order valence-corrected chi connectivity index (χ4v) is 2.88. The monoisotopic (exact) mass is 326 g/mol. The number of rotatable bonds is 5. The smallest absolute Gasteiger partial charge is 0.341 e. The Labute approximate surface area is 122 Å². The predicted octanol–water partition coefficient (Wildman–Crippen LogP) is 3.80. The molecule has 0 radical (unpaired) electrons. The van der Waals surface area contributed by atoms with Gasteiger partial charge in [-0.3, -0.25) is 0 Å². The lowest BCUT2D eigenvalue weighted by atomic mass is 9.85. The van der Waals surface area contributed by atoms with E-state index in [1.807, 2.05) is 45.0 Å². The van der Waals surface area contributed by atoms with Gasteiger partial charge in [0.1, 0.15) is 5.60 Å². The van der Waals surface area contributed by atoms with Gasteiger partial charge in [-0.25, -0.2) is 4.79 Å². The molecular weight excluding hydrogens is 308 g/mol. The summed E-state index contributed by atoms with van der Waals surface area (Å²) in [6.45, 7) is 6.20. The van der Waals surface area contributed by atoms with Gasteiger partial charge in [0.05, 0.1) is 6.61 Å². The maximum absolute atomic E-state index is 12.2. The van der Waals surface area contributed by atoms with Crippen molar-refractivity contribution in [1.82, 2.24) is 0 Å². The van der Waals surface area contributed by atoms with Gasteiger partial charge in [0, 0.05) is 4.47 Å². The van der Waals surface area contributed by atoms with Crippen molar-refractivity contribution in [2.24, 2.45) is 0 Å². The highest BCUT2D eigenvalue weighted by Gasteiger charge is 2.73. The highest BCUT2D eigenvalue weighted by Crippen LogP contribution is 2.58. The van der Waals surface area contributed by atoms with Crippen LogP contribution in [0.25, 0.3) is 0 Å². The van der Waals surface area contributed by atoms with Crippen LogP contribution in [-0.4, -0.2) is 18.2 Å². The van der Waals surface area contributed by atoms with Gasteiger partial charge in [0.2, 0.25) is 0 Å². The van der Waals surface area contributed by atoms with Crippen molar-refractivity contribution >= 4 is 21.9 Å². The van der Waals surface area contributed by atoms with Crippen LogP contribution in [0.1, 0.15) is 39.2 Å². The molecule has 0 spiro atoms. The van der Waals surface area contributed by atoms with E-state index in [0.717, 1.165) is 16.5 Å². The van der Waals surface area contributed by atoms with Crippen LogP contribution < -0.4 is 0 Å². The molecule has 1 aromatic rings. The molecule has 4 heteroatoms. The maximum atomic E-state index is 12.2. The van der Waals surface area contributed by atoms with E-state index in [4.69, 9.17) is 9.47 Å². The lowest BCUT2D eigenvalue weighted by Gasteiger charge is -2.15. The number of hydrogen-bond donors (Lipinski definition) is 0. The molecule has 1 aliphatic rings. The van der Waals surface area contributed by atoms with Gasteiger partial charge in [-0.15, -0.1) is 0 Å². The average Bonchev–Trinajstić information content (AvgIpc) is 2.99.